The van der Waals surface area contributed by atoms with Crippen molar-refractivity contribution in [1.29, 1.82) is 5.26 Å². The van der Waals surface area contributed by atoms with Gasteiger partial charge in [0, 0.05) is 23.5 Å². The number of hydrogen-bond acceptors (Lipinski definition) is 2. The Morgan fingerprint density at radius 3 is 2.67 bits per heavy atom. The van der Waals surface area contributed by atoms with Crippen molar-refractivity contribution in [2.75, 3.05) is 18.0 Å². The third kappa shape index (κ3) is 1.39. The van der Waals surface area contributed by atoms with E-state index in [1.165, 1.54) is 12.8 Å². The molecule has 2 aliphatic rings. The van der Waals surface area contributed by atoms with Gasteiger partial charge in [0.1, 0.15) is 6.07 Å². The second-order valence-electron chi connectivity index (χ2n) is 4.63. The summed E-state index contributed by atoms with van der Waals surface area (Å²) in [5.41, 5.74) is 2.34. The van der Waals surface area contributed by atoms with E-state index < -0.39 is 0 Å². The van der Waals surface area contributed by atoms with E-state index in [9.17, 15) is 0 Å². The van der Waals surface area contributed by atoms with Crippen LogP contribution >= 0.6 is 11.6 Å². The average molecular weight is 219 g/mol. The van der Waals surface area contributed by atoms with Gasteiger partial charge in [-0.1, -0.05) is 11.6 Å². The van der Waals surface area contributed by atoms with E-state index >= 15 is 0 Å². The van der Waals surface area contributed by atoms with Crippen LogP contribution in [0.15, 0.2) is 18.2 Å². The average Bonchev–Trinajstić information content (AvgIpc) is 2.95. The maximum Gasteiger partial charge on any atom is 0.101 e. The van der Waals surface area contributed by atoms with Crippen molar-refractivity contribution in [2.45, 2.75) is 12.8 Å². The standard InChI is InChI=1S/C12H11ClN2/c13-10-2-1-9(6-14)11(5-10)15-7-12(8-15)3-4-12/h1-2,5H,3-4,7-8H2. The smallest absolute Gasteiger partial charge is 0.101 e. The van der Waals surface area contributed by atoms with Gasteiger partial charge in [-0.15, -0.1) is 0 Å². The van der Waals surface area contributed by atoms with E-state index in [-0.39, 0.29) is 0 Å². The van der Waals surface area contributed by atoms with Crippen LogP contribution in [-0.4, -0.2) is 13.1 Å². The molecule has 76 valence electrons. The molecule has 2 nitrogen and oxygen atoms in total. The summed E-state index contributed by atoms with van der Waals surface area (Å²) >= 11 is 5.95. The number of hydrogen-bond donors (Lipinski definition) is 0. The zero-order valence-electron chi connectivity index (χ0n) is 8.33. The molecule has 1 saturated carbocycles. The number of nitrogens with zero attached hydrogens (tertiary/aromatic N) is 2. The normalized spacial score (nSPS) is 20.9. The third-order valence-electron chi connectivity index (χ3n) is 3.43. The Balaban J connectivity index is 1.90. The summed E-state index contributed by atoms with van der Waals surface area (Å²) in [5, 5.41) is 9.71. The van der Waals surface area contributed by atoms with Gasteiger partial charge in [-0.25, -0.2) is 0 Å². The highest BCUT2D eigenvalue weighted by Gasteiger charge is 2.52. The molecular weight excluding hydrogens is 208 g/mol. The summed E-state index contributed by atoms with van der Waals surface area (Å²) < 4.78 is 0. The van der Waals surface area contributed by atoms with Gasteiger partial charge in [0.2, 0.25) is 0 Å². The number of halogens is 1. The largest absolute Gasteiger partial charge is 0.369 e. The second kappa shape index (κ2) is 2.90. The van der Waals surface area contributed by atoms with Crippen molar-refractivity contribution in [3.05, 3.63) is 28.8 Å². The molecule has 0 amide bonds. The van der Waals surface area contributed by atoms with Gasteiger partial charge in [-0.05, 0) is 31.0 Å². The summed E-state index contributed by atoms with van der Waals surface area (Å²) in [6.45, 7) is 2.20. The van der Waals surface area contributed by atoms with Crippen LogP contribution in [0.25, 0.3) is 0 Å². The van der Waals surface area contributed by atoms with Crippen LogP contribution in [0, 0.1) is 16.7 Å². The molecule has 3 heteroatoms. The zero-order valence-corrected chi connectivity index (χ0v) is 9.09. The summed E-state index contributed by atoms with van der Waals surface area (Å²) in [6, 6.07) is 7.69. The molecule has 2 fully saturated rings. The first-order valence-corrected chi connectivity index (χ1v) is 5.55. The highest BCUT2D eigenvalue weighted by molar-refractivity contribution is 6.30. The lowest BCUT2D eigenvalue weighted by atomic mass is 9.95. The van der Waals surface area contributed by atoms with E-state index in [0.717, 1.165) is 24.3 Å². The Labute approximate surface area is 94.1 Å². The molecule has 0 unspecified atom stereocenters. The van der Waals surface area contributed by atoms with Gasteiger partial charge < -0.3 is 4.90 Å². The fourth-order valence-electron chi connectivity index (χ4n) is 2.29. The van der Waals surface area contributed by atoms with Gasteiger partial charge in [-0.2, -0.15) is 5.26 Å². The maximum atomic E-state index is 9.00. The lowest BCUT2D eigenvalue weighted by molar-refractivity contribution is 0.387. The zero-order chi connectivity index (χ0) is 10.5. The molecule has 0 aromatic heterocycles. The topological polar surface area (TPSA) is 27.0 Å². The van der Waals surface area contributed by atoms with E-state index in [4.69, 9.17) is 16.9 Å². The minimum absolute atomic E-state index is 0.606. The molecule has 15 heavy (non-hydrogen) atoms. The van der Waals surface area contributed by atoms with Crippen LogP contribution in [0.2, 0.25) is 5.02 Å². The van der Waals surface area contributed by atoms with Crippen LogP contribution in [0.5, 0.6) is 0 Å². The molecule has 1 saturated heterocycles. The third-order valence-corrected chi connectivity index (χ3v) is 3.67. The Kier molecular flexibility index (Phi) is 1.75. The van der Waals surface area contributed by atoms with Crippen molar-refractivity contribution in [1.82, 2.24) is 0 Å². The Morgan fingerprint density at radius 1 is 1.33 bits per heavy atom. The summed E-state index contributed by atoms with van der Waals surface area (Å²) in [4.78, 5) is 2.26. The van der Waals surface area contributed by atoms with Gasteiger partial charge in [0.25, 0.3) is 0 Å². The summed E-state index contributed by atoms with van der Waals surface area (Å²) in [6.07, 6.45) is 2.71. The minimum Gasteiger partial charge on any atom is -0.369 e. The quantitative estimate of drug-likeness (QED) is 0.725. The lowest BCUT2D eigenvalue weighted by Gasteiger charge is -2.42. The molecule has 1 spiro atoms. The van der Waals surface area contributed by atoms with Gasteiger partial charge >= 0.3 is 0 Å². The van der Waals surface area contributed by atoms with Gasteiger partial charge in [0.05, 0.1) is 11.3 Å². The van der Waals surface area contributed by atoms with Crippen LogP contribution in [-0.2, 0) is 0 Å². The first-order chi connectivity index (χ1) is 7.22. The first-order valence-electron chi connectivity index (χ1n) is 5.17. The first kappa shape index (κ1) is 9.06. The molecule has 3 rings (SSSR count). The van der Waals surface area contributed by atoms with Crippen LogP contribution in [0.1, 0.15) is 18.4 Å². The fraction of sp³-hybridized carbons (Fsp3) is 0.417. The van der Waals surface area contributed by atoms with E-state index in [2.05, 4.69) is 11.0 Å². The van der Waals surface area contributed by atoms with E-state index in [1.54, 1.807) is 12.1 Å². The summed E-state index contributed by atoms with van der Waals surface area (Å²) in [5.74, 6) is 0. The van der Waals surface area contributed by atoms with Crippen molar-refractivity contribution in [3.63, 3.8) is 0 Å². The summed E-state index contributed by atoms with van der Waals surface area (Å²) in [7, 11) is 0. The molecule has 1 aliphatic heterocycles. The van der Waals surface area contributed by atoms with Gasteiger partial charge in [-0.3, -0.25) is 0 Å². The van der Waals surface area contributed by atoms with Crippen LogP contribution in [0.4, 0.5) is 5.69 Å². The molecule has 1 heterocycles. The molecule has 1 aromatic carbocycles. The van der Waals surface area contributed by atoms with Crippen LogP contribution < -0.4 is 4.90 Å². The SMILES string of the molecule is N#Cc1ccc(Cl)cc1N1CC2(CC2)C1. The number of nitriles is 1. The Bertz CT molecular complexity index is 449. The van der Waals surface area contributed by atoms with E-state index in [0.29, 0.717) is 10.4 Å². The maximum absolute atomic E-state index is 9.00. The highest BCUT2D eigenvalue weighted by Crippen LogP contribution is 2.54. The monoisotopic (exact) mass is 218 g/mol. The fourth-order valence-corrected chi connectivity index (χ4v) is 2.45. The molecule has 0 bridgehead atoms. The number of benzene rings is 1. The molecule has 1 aliphatic carbocycles. The van der Waals surface area contributed by atoms with Crippen molar-refractivity contribution >= 4 is 17.3 Å². The second-order valence-corrected chi connectivity index (χ2v) is 5.07. The molecule has 0 N–H and O–H groups in total. The van der Waals surface area contributed by atoms with Crippen molar-refractivity contribution < 1.29 is 0 Å². The molecule has 1 aromatic rings. The van der Waals surface area contributed by atoms with Crippen molar-refractivity contribution in [2.24, 2.45) is 5.41 Å². The van der Waals surface area contributed by atoms with Gasteiger partial charge in [0.15, 0.2) is 0 Å². The predicted octanol–water partition coefficient (Wildman–Crippen LogP) is 2.81. The Morgan fingerprint density at radius 2 is 2.07 bits per heavy atom. The van der Waals surface area contributed by atoms with E-state index in [1.807, 2.05) is 6.07 Å². The molecular formula is C12H11ClN2. The number of rotatable bonds is 1. The highest BCUT2D eigenvalue weighted by atomic mass is 35.5. The molecule has 0 radical (unpaired) electrons. The molecule has 0 atom stereocenters. The van der Waals surface area contributed by atoms with Crippen LogP contribution in [0.3, 0.4) is 0 Å². The lowest BCUT2D eigenvalue weighted by Crippen LogP contribution is -2.48. The minimum atomic E-state index is 0.606. The predicted molar refractivity (Wildman–Crippen MR) is 60.0 cm³/mol. The number of anilines is 1. The Hall–Kier alpha value is -1.20. The van der Waals surface area contributed by atoms with Crippen molar-refractivity contribution in [3.8, 4) is 6.07 Å².